The summed E-state index contributed by atoms with van der Waals surface area (Å²) in [6, 6.07) is 13.6. The van der Waals surface area contributed by atoms with Gasteiger partial charge in [0, 0.05) is 16.6 Å². The van der Waals surface area contributed by atoms with Crippen LogP contribution in [0.15, 0.2) is 53.0 Å². The van der Waals surface area contributed by atoms with E-state index >= 15 is 0 Å². The summed E-state index contributed by atoms with van der Waals surface area (Å²) in [4.78, 5) is 28.3. The maximum atomic E-state index is 13.6. The molecule has 2 aromatic carbocycles. The number of hydrogen-bond acceptors (Lipinski definition) is 4. The van der Waals surface area contributed by atoms with Crippen molar-refractivity contribution in [2.24, 2.45) is 0 Å². The van der Waals surface area contributed by atoms with Gasteiger partial charge in [0.05, 0.1) is 11.9 Å². The zero-order chi connectivity index (χ0) is 25.7. The molecule has 0 fully saturated rings. The van der Waals surface area contributed by atoms with E-state index < -0.39 is 34.1 Å². The first-order valence-electron chi connectivity index (χ1n) is 11.1. The Morgan fingerprint density at radius 3 is 2.21 bits per heavy atom. The Hall–Kier alpha value is -2.39. The van der Waals surface area contributed by atoms with Crippen molar-refractivity contribution >= 4 is 43.5 Å². The minimum atomic E-state index is -3.75. The summed E-state index contributed by atoms with van der Waals surface area (Å²) in [7, 11) is -3.75. The van der Waals surface area contributed by atoms with Crippen molar-refractivity contribution in [2.75, 3.05) is 17.1 Å². The molecule has 0 saturated carbocycles. The number of amides is 2. The number of nitrogens with zero attached hydrogens (tertiary/aromatic N) is 2. The molecular formula is C25H34BrN3O4S. The first kappa shape index (κ1) is 27.9. The van der Waals surface area contributed by atoms with Gasteiger partial charge in [0.1, 0.15) is 12.6 Å². The van der Waals surface area contributed by atoms with Crippen molar-refractivity contribution in [2.45, 2.75) is 59.2 Å². The molecule has 0 aliphatic heterocycles. The largest absolute Gasteiger partial charge is 0.350 e. The first-order valence-corrected chi connectivity index (χ1v) is 13.8. The number of benzene rings is 2. The number of carbonyl (C=O) groups excluding carboxylic acids is 2. The van der Waals surface area contributed by atoms with Crippen molar-refractivity contribution in [3.63, 3.8) is 0 Å². The van der Waals surface area contributed by atoms with E-state index in [9.17, 15) is 18.0 Å². The fourth-order valence-electron chi connectivity index (χ4n) is 3.60. The van der Waals surface area contributed by atoms with Crippen LogP contribution in [0.5, 0.6) is 0 Å². The molecule has 0 bridgehead atoms. The van der Waals surface area contributed by atoms with E-state index in [0.29, 0.717) is 12.1 Å². The second-order valence-corrected chi connectivity index (χ2v) is 12.2. The highest BCUT2D eigenvalue weighted by Crippen LogP contribution is 2.22. The molecule has 9 heteroatoms. The molecular weight excluding hydrogens is 518 g/mol. The topological polar surface area (TPSA) is 86.8 Å². The molecule has 0 aromatic heterocycles. The van der Waals surface area contributed by atoms with Gasteiger partial charge in [0.15, 0.2) is 0 Å². The minimum absolute atomic E-state index is 0.189. The number of carbonyl (C=O) groups is 2. The van der Waals surface area contributed by atoms with Crippen LogP contribution in [0, 0.1) is 6.92 Å². The summed E-state index contributed by atoms with van der Waals surface area (Å²) in [6.07, 6.45) is 1.45. The Balaban J connectivity index is 2.45. The summed E-state index contributed by atoms with van der Waals surface area (Å²) >= 11 is 3.34. The molecule has 186 valence electrons. The highest BCUT2D eigenvalue weighted by atomic mass is 79.9. The molecule has 2 rings (SSSR count). The van der Waals surface area contributed by atoms with Crippen molar-refractivity contribution < 1.29 is 18.0 Å². The van der Waals surface area contributed by atoms with E-state index in [1.807, 2.05) is 58.9 Å². The van der Waals surface area contributed by atoms with Crippen LogP contribution in [0.3, 0.4) is 0 Å². The molecule has 7 nitrogen and oxygen atoms in total. The lowest BCUT2D eigenvalue weighted by Crippen LogP contribution is -2.55. The van der Waals surface area contributed by atoms with E-state index in [-0.39, 0.29) is 12.5 Å². The van der Waals surface area contributed by atoms with Gasteiger partial charge in [0.25, 0.3) is 0 Å². The van der Waals surface area contributed by atoms with Gasteiger partial charge in [-0.25, -0.2) is 8.42 Å². The van der Waals surface area contributed by atoms with Crippen molar-refractivity contribution in [1.29, 1.82) is 0 Å². The summed E-state index contributed by atoms with van der Waals surface area (Å²) in [6.45, 7) is 9.21. The maximum absolute atomic E-state index is 13.6. The fourth-order valence-corrected chi connectivity index (χ4v) is 4.71. The summed E-state index contributed by atoms with van der Waals surface area (Å²) in [5.74, 6) is -0.726. The number of anilines is 1. The number of sulfonamides is 1. The van der Waals surface area contributed by atoms with Gasteiger partial charge in [0.2, 0.25) is 21.8 Å². The van der Waals surface area contributed by atoms with Crippen LogP contribution in [-0.4, -0.2) is 49.5 Å². The summed E-state index contributed by atoms with van der Waals surface area (Å²) in [5.41, 5.74) is 1.80. The predicted molar refractivity (Wildman–Crippen MR) is 140 cm³/mol. The number of aryl methyl sites for hydroxylation is 1. The van der Waals surface area contributed by atoms with E-state index in [2.05, 4.69) is 21.2 Å². The minimum Gasteiger partial charge on any atom is -0.350 e. The number of halogens is 1. The second kappa shape index (κ2) is 11.4. The molecule has 2 amide bonds. The van der Waals surface area contributed by atoms with Crippen LogP contribution in [0.25, 0.3) is 0 Å². The predicted octanol–water partition coefficient (Wildman–Crippen LogP) is 4.25. The van der Waals surface area contributed by atoms with Gasteiger partial charge in [-0.3, -0.25) is 13.9 Å². The zero-order valence-corrected chi connectivity index (χ0v) is 23.0. The first-order chi connectivity index (χ1) is 15.7. The quantitative estimate of drug-likeness (QED) is 0.504. The standard InChI is InChI=1S/C25H34BrN3O4S/c1-7-22(24(31)27-25(3,4)5)28(16-19-10-8-9-18(2)15-19)23(30)17-29(34(6,32)33)21-13-11-20(26)12-14-21/h8-15,22H,7,16-17H2,1-6H3,(H,27,31). The Kier molecular flexibility index (Phi) is 9.30. The Morgan fingerprint density at radius 1 is 1.09 bits per heavy atom. The lowest BCUT2D eigenvalue weighted by Gasteiger charge is -2.34. The molecule has 1 atom stereocenters. The van der Waals surface area contributed by atoms with Gasteiger partial charge in [-0.05, 0) is 63.9 Å². The van der Waals surface area contributed by atoms with Crippen LogP contribution in [0.2, 0.25) is 0 Å². The smallest absolute Gasteiger partial charge is 0.244 e. The lowest BCUT2D eigenvalue weighted by atomic mass is 10.0. The number of rotatable bonds is 9. The highest BCUT2D eigenvalue weighted by Gasteiger charge is 2.33. The molecule has 1 N–H and O–H groups in total. The number of nitrogens with one attached hydrogen (secondary N) is 1. The van der Waals surface area contributed by atoms with E-state index in [1.54, 1.807) is 24.3 Å². The zero-order valence-electron chi connectivity index (χ0n) is 20.6. The van der Waals surface area contributed by atoms with Crippen LogP contribution < -0.4 is 9.62 Å². The van der Waals surface area contributed by atoms with E-state index in [4.69, 9.17) is 0 Å². The monoisotopic (exact) mass is 551 g/mol. The average Bonchev–Trinajstić information content (AvgIpc) is 2.70. The van der Waals surface area contributed by atoms with Gasteiger partial charge in [-0.2, -0.15) is 0 Å². The summed E-state index contributed by atoms with van der Waals surface area (Å²) in [5, 5.41) is 2.95. The van der Waals surface area contributed by atoms with E-state index in [0.717, 1.165) is 26.2 Å². The fraction of sp³-hybridized carbons (Fsp3) is 0.440. The van der Waals surface area contributed by atoms with Crippen LogP contribution in [0.1, 0.15) is 45.2 Å². The molecule has 0 radical (unpaired) electrons. The van der Waals surface area contributed by atoms with Crippen LogP contribution in [0.4, 0.5) is 5.69 Å². The third kappa shape index (κ3) is 8.13. The van der Waals surface area contributed by atoms with Gasteiger partial charge >= 0.3 is 0 Å². The Bertz CT molecular complexity index is 1110. The molecule has 0 aliphatic rings. The van der Waals surface area contributed by atoms with Crippen molar-refractivity contribution in [3.8, 4) is 0 Å². The molecule has 0 spiro atoms. The van der Waals surface area contributed by atoms with Gasteiger partial charge < -0.3 is 10.2 Å². The second-order valence-electron chi connectivity index (χ2n) is 9.42. The third-order valence-electron chi connectivity index (χ3n) is 5.11. The molecule has 2 aromatic rings. The molecule has 0 aliphatic carbocycles. The Morgan fingerprint density at radius 2 is 1.71 bits per heavy atom. The highest BCUT2D eigenvalue weighted by molar-refractivity contribution is 9.10. The average molecular weight is 553 g/mol. The van der Waals surface area contributed by atoms with Gasteiger partial charge in [-0.15, -0.1) is 0 Å². The summed E-state index contributed by atoms with van der Waals surface area (Å²) < 4.78 is 27.1. The van der Waals surface area contributed by atoms with Gasteiger partial charge in [-0.1, -0.05) is 52.7 Å². The molecule has 34 heavy (non-hydrogen) atoms. The lowest BCUT2D eigenvalue weighted by molar-refractivity contribution is -0.141. The third-order valence-corrected chi connectivity index (χ3v) is 6.78. The normalized spacial score (nSPS) is 12.7. The molecule has 0 saturated heterocycles. The van der Waals surface area contributed by atoms with Crippen molar-refractivity contribution in [1.82, 2.24) is 10.2 Å². The van der Waals surface area contributed by atoms with Crippen LogP contribution >= 0.6 is 15.9 Å². The Labute approximate surface area is 211 Å². The maximum Gasteiger partial charge on any atom is 0.244 e. The molecule has 1 unspecified atom stereocenters. The number of hydrogen-bond donors (Lipinski definition) is 1. The van der Waals surface area contributed by atoms with Crippen LogP contribution in [-0.2, 0) is 26.2 Å². The molecule has 0 heterocycles. The van der Waals surface area contributed by atoms with Crippen molar-refractivity contribution in [3.05, 3.63) is 64.1 Å². The SMILES string of the molecule is CCC(C(=O)NC(C)(C)C)N(Cc1cccc(C)c1)C(=O)CN(c1ccc(Br)cc1)S(C)(=O)=O. The van der Waals surface area contributed by atoms with E-state index in [1.165, 1.54) is 4.90 Å².